The highest BCUT2D eigenvalue weighted by Gasteiger charge is 2.71. The molecule has 0 saturated carbocycles. The SMILES string of the molecule is Cc1cc2cc(C(O)(C(F)(F)F)C(F)(F)F)ccc2n1C(C)(c1cccc(OC(C)C)c1)c1cocn1. The van der Waals surface area contributed by atoms with Crippen LogP contribution in [0.25, 0.3) is 10.9 Å². The molecule has 0 radical (unpaired) electrons. The predicted octanol–water partition coefficient (Wildman–Crippen LogP) is 6.85. The minimum absolute atomic E-state index is 0.0752. The van der Waals surface area contributed by atoms with E-state index >= 15 is 0 Å². The maximum atomic E-state index is 13.5. The van der Waals surface area contributed by atoms with Gasteiger partial charge in [0.25, 0.3) is 5.60 Å². The van der Waals surface area contributed by atoms with Crippen molar-refractivity contribution in [3.8, 4) is 5.75 Å². The lowest BCUT2D eigenvalue weighted by Gasteiger charge is -2.34. The molecule has 1 N–H and O–H groups in total. The molecule has 0 amide bonds. The van der Waals surface area contributed by atoms with Crippen molar-refractivity contribution >= 4 is 10.9 Å². The van der Waals surface area contributed by atoms with Crippen molar-refractivity contribution in [2.45, 2.75) is 57.3 Å². The van der Waals surface area contributed by atoms with Gasteiger partial charge in [-0.1, -0.05) is 18.2 Å². The van der Waals surface area contributed by atoms with E-state index in [1.165, 1.54) is 18.7 Å². The molecule has 0 spiro atoms. The van der Waals surface area contributed by atoms with E-state index in [2.05, 4.69) is 4.98 Å². The first kappa shape index (κ1) is 26.6. The first-order valence-electron chi connectivity index (χ1n) is 11.3. The molecule has 0 aliphatic carbocycles. The fourth-order valence-electron chi connectivity index (χ4n) is 4.65. The number of nitrogens with zero attached hydrogens (tertiary/aromatic N) is 2. The number of aromatic nitrogens is 2. The summed E-state index contributed by atoms with van der Waals surface area (Å²) in [6.45, 7) is 7.22. The fraction of sp³-hybridized carbons (Fsp3) is 0.346. The van der Waals surface area contributed by atoms with Gasteiger partial charge in [-0.2, -0.15) is 26.3 Å². The Kier molecular flexibility index (Phi) is 6.34. The van der Waals surface area contributed by atoms with E-state index in [1.807, 2.05) is 26.8 Å². The second-order valence-electron chi connectivity index (χ2n) is 9.24. The number of oxazole rings is 1. The first-order valence-corrected chi connectivity index (χ1v) is 11.3. The Hall–Kier alpha value is -3.47. The van der Waals surface area contributed by atoms with E-state index in [-0.39, 0.29) is 11.5 Å². The van der Waals surface area contributed by atoms with Crippen LogP contribution in [-0.4, -0.2) is 33.1 Å². The van der Waals surface area contributed by atoms with Gasteiger partial charge in [0.05, 0.1) is 6.10 Å². The lowest BCUT2D eigenvalue weighted by molar-refractivity contribution is -0.376. The summed E-state index contributed by atoms with van der Waals surface area (Å²) < 4.78 is 93.7. The lowest BCUT2D eigenvalue weighted by atomic mass is 9.87. The molecule has 2 heterocycles. The first-order chi connectivity index (χ1) is 17.1. The quantitative estimate of drug-likeness (QED) is 0.279. The van der Waals surface area contributed by atoms with Crippen LogP contribution in [0.15, 0.2) is 65.6 Å². The van der Waals surface area contributed by atoms with Gasteiger partial charge in [0.15, 0.2) is 6.39 Å². The van der Waals surface area contributed by atoms with Crippen LogP contribution >= 0.6 is 0 Å². The summed E-state index contributed by atoms with van der Waals surface area (Å²) >= 11 is 0. The second kappa shape index (κ2) is 8.83. The summed E-state index contributed by atoms with van der Waals surface area (Å²) in [6.07, 6.45) is -9.43. The second-order valence-corrected chi connectivity index (χ2v) is 9.24. The maximum Gasteiger partial charge on any atom is 0.430 e. The van der Waals surface area contributed by atoms with Crippen LogP contribution in [0.4, 0.5) is 26.3 Å². The molecule has 4 rings (SSSR count). The molecule has 0 bridgehead atoms. The maximum absolute atomic E-state index is 13.5. The van der Waals surface area contributed by atoms with Crippen molar-refractivity contribution in [1.82, 2.24) is 9.55 Å². The highest BCUT2D eigenvalue weighted by atomic mass is 19.4. The molecule has 198 valence electrons. The van der Waals surface area contributed by atoms with Crippen molar-refractivity contribution in [3.63, 3.8) is 0 Å². The normalized spacial score (nSPS) is 14.8. The van der Waals surface area contributed by atoms with Crippen LogP contribution < -0.4 is 4.74 Å². The number of aryl methyl sites for hydroxylation is 1. The predicted molar refractivity (Wildman–Crippen MR) is 123 cm³/mol. The van der Waals surface area contributed by atoms with Crippen molar-refractivity contribution in [2.24, 2.45) is 0 Å². The minimum Gasteiger partial charge on any atom is -0.491 e. The number of halogens is 6. The Morgan fingerprint density at radius 1 is 0.946 bits per heavy atom. The summed E-state index contributed by atoms with van der Waals surface area (Å²) in [5.41, 5.74) is -5.47. The van der Waals surface area contributed by atoms with Crippen LogP contribution in [0, 0.1) is 6.92 Å². The molecule has 1 unspecified atom stereocenters. The van der Waals surface area contributed by atoms with E-state index in [0.717, 1.165) is 6.07 Å². The van der Waals surface area contributed by atoms with Gasteiger partial charge in [-0.05, 0) is 63.6 Å². The molecule has 37 heavy (non-hydrogen) atoms. The standard InChI is InChI=1S/C26H24F6N2O3/c1-15(2)37-20-7-5-6-18(12-20)23(4,22-13-36-14-33-22)34-16(3)10-17-11-19(8-9-21(17)34)24(35,25(27,28)29)26(30,31)32/h5-15,35H,1-4H3. The monoisotopic (exact) mass is 526 g/mol. The zero-order chi connectivity index (χ0) is 27.4. The average molecular weight is 526 g/mol. The summed E-state index contributed by atoms with van der Waals surface area (Å²) in [4.78, 5) is 4.31. The van der Waals surface area contributed by atoms with Gasteiger partial charge in [-0.15, -0.1) is 0 Å². The van der Waals surface area contributed by atoms with Gasteiger partial charge >= 0.3 is 12.4 Å². The Labute approximate surface area is 208 Å². The highest BCUT2D eigenvalue weighted by molar-refractivity contribution is 5.83. The molecule has 4 aromatic rings. The van der Waals surface area contributed by atoms with Gasteiger partial charge in [-0.25, -0.2) is 4.98 Å². The van der Waals surface area contributed by atoms with E-state index in [4.69, 9.17) is 9.15 Å². The van der Waals surface area contributed by atoms with Crippen LogP contribution in [-0.2, 0) is 11.1 Å². The minimum atomic E-state index is -5.98. The Morgan fingerprint density at radius 3 is 2.19 bits per heavy atom. The number of aliphatic hydroxyl groups is 1. The Morgan fingerprint density at radius 2 is 1.62 bits per heavy atom. The molecule has 0 aliphatic rings. The van der Waals surface area contributed by atoms with E-state index in [9.17, 15) is 31.4 Å². The van der Waals surface area contributed by atoms with Crippen molar-refractivity contribution < 1.29 is 40.6 Å². The fourth-order valence-corrected chi connectivity index (χ4v) is 4.65. The molecular formula is C26H24F6N2O3. The lowest BCUT2D eigenvalue weighted by Crippen LogP contribution is -2.53. The van der Waals surface area contributed by atoms with Gasteiger partial charge in [0, 0.05) is 22.2 Å². The summed E-state index contributed by atoms with van der Waals surface area (Å²) in [6, 6.07) is 11.1. The van der Waals surface area contributed by atoms with Gasteiger partial charge in [0.1, 0.15) is 23.2 Å². The van der Waals surface area contributed by atoms with Crippen LogP contribution in [0.1, 0.15) is 43.3 Å². The van der Waals surface area contributed by atoms with E-state index in [0.29, 0.717) is 40.4 Å². The van der Waals surface area contributed by atoms with Crippen LogP contribution in [0.2, 0.25) is 0 Å². The summed E-state index contributed by atoms with van der Waals surface area (Å²) in [5.74, 6) is 0.569. The van der Waals surface area contributed by atoms with Crippen LogP contribution in [0.5, 0.6) is 5.75 Å². The average Bonchev–Trinajstić information content (AvgIpc) is 3.43. The number of alkyl halides is 6. The number of ether oxygens (including phenoxy) is 1. The number of hydrogen-bond donors (Lipinski definition) is 1. The Bertz CT molecular complexity index is 1390. The zero-order valence-corrected chi connectivity index (χ0v) is 20.3. The Balaban J connectivity index is 1.97. The number of rotatable bonds is 6. The molecule has 2 aromatic carbocycles. The third-order valence-electron chi connectivity index (χ3n) is 6.37. The molecule has 0 saturated heterocycles. The van der Waals surface area contributed by atoms with Gasteiger partial charge in [-0.3, -0.25) is 0 Å². The van der Waals surface area contributed by atoms with E-state index < -0.39 is 29.1 Å². The van der Waals surface area contributed by atoms with Crippen molar-refractivity contribution in [1.29, 1.82) is 0 Å². The number of benzene rings is 2. The van der Waals surface area contributed by atoms with Gasteiger partial charge in [0.2, 0.25) is 0 Å². The molecule has 5 nitrogen and oxygen atoms in total. The molecule has 0 aliphatic heterocycles. The molecular weight excluding hydrogens is 502 g/mol. The van der Waals surface area contributed by atoms with Crippen LogP contribution in [0.3, 0.4) is 0 Å². The smallest absolute Gasteiger partial charge is 0.430 e. The molecule has 0 fully saturated rings. The van der Waals surface area contributed by atoms with Gasteiger partial charge < -0.3 is 18.8 Å². The topological polar surface area (TPSA) is 60.4 Å². The highest BCUT2D eigenvalue weighted by Crippen LogP contribution is 2.51. The van der Waals surface area contributed by atoms with Crippen molar-refractivity contribution in [3.05, 3.63) is 83.7 Å². The largest absolute Gasteiger partial charge is 0.491 e. The summed E-state index contributed by atoms with van der Waals surface area (Å²) in [7, 11) is 0. The third kappa shape index (κ3) is 4.24. The van der Waals surface area contributed by atoms with Crippen molar-refractivity contribution in [2.75, 3.05) is 0 Å². The van der Waals surface area contributed by atoms with E-state index in [1.54, 1.807) is 29.7 Å². The number of hydrogen-bond acceptors (Lipinski definition) is 4. The third-order valence-corrected chi connectivity index (χ3v) is 6.37. The molecule has 2 aromatic heterocycles. The molecule has 11 heteroatoms. The number of fused-ring (bicyclic) bond motifs is 1. The summed E-state index contributed by atoms with van der Waals surface area (Å²) in [5, 5.41) is 9.96. The molecule has 1 atom stereocenters. The zero-order valence-electron chi connectivity index (χ0n) is 20.3.